The molecule has 0 radical (unpaired) electrons. The highest BCUT2D eigenvalue weighted by molar-refractivity contribution is 5.93. The molecule has 2 saturated carbocycles. The van der Waals surface area contributed by atoms with Gasteiger partial charge in [-0.1, -0.05) is 37.8 Å². The van der Waals surface area contributed by atoms with Gasteiger partial charge < -0.3 is 5.32 Å². The Balaban J connectivity index is 1.46. The van der Waals surface area contributed by atoms with E-state index >= 15 is 0 Å². The van der Waals surface area contributed by atoms with Crippen LogP contribution in [0.2, 0.25) is 0 Å². The summed E-state index contributed by atoms with van der Waals surface area (Å²) in [4.78, 5) is 17.1. The number of hydrogen-bond donors (Lipinski definition) is 2. The highest BCUT2D eigenvalue weighted by atomic mass is 16.1. The highest BCUT2D eigenvalue weighted by Crippen LogP contribution is 2.38. The molecule has 0 unspecified atom stereocenters. The van der Waals surface area contributed by atoms with Gasteiger partial charge in [-0.3, -0.25) is 9.89 Å². The van der Waals surface area contributed by atoms with E-state index in [4.69, 9.17) is 0 Å². The number of rotatable bonds is 4. The molecule has 126 valence electrons. The molecule has 1 aromatic heterocycles. The first-order valence-corrected chi connectivity index (χ1v) is 9.13. The third-order valence-electron chi connectivity index (χ3n) is 5.08. The van der Waals surface area contributed by atoms with E-state index < -0.39 is 0 Å². The Labute approximate surface area is 142 Å². The fourth-order valence-corrected chi connectivity index (χ4v) is 3.46. The van der Waals surface area contributed by atoms with Crippen LogP contribution in [-0.2, 0) is 4.79 Å². The number of anilines is 1. The van der Waals surface area contributed by atoms with Gasteiger partial charge in [0.05, 0.1) is 0 Å². The molecule has 0 bridgehead atoms. The first kappa shape index (κ1) is 15.4. The van der Waals surface area contributed by atoms with E-state index in [0.717, 1.165) is 29.9 Å². The molecule has 0 aliphatic heterocycles. The molecule has 2 fully saturated rings. The van der Waals surface area contributed by atoms with Crippen LogP contribution in [0.25, 0.3) is 11.4 Å². The summed E-state index contributed by atoms with van der Waals surface area (Å²) in [6.07, 6.45) is 9.27. The summed E-state index contributed by atoms with van der Waals surface area (Å²) in [7, 11) is 0. The third kappa shape index (κ3) is 3.50. The zero-order valence-corrected chi connectivity index (χ0v) is 13.9. The minimum atomic E-state index is 0.154. The lowest BCUT2D eigenvalue weighted by Crippen LogP contribution is -2.22. The Hall–Kier alpha value is -2.17. The van der Waals surface area contributed by atoms with Crippen LogP contribution < -0.4 is 5.32 Å². The zero-order valence-electron chi connectivity index (χ0n) is 13.9. The third-order valence-corrected chi connectivity index (χ3v) is 5.08. The largest absolute Gasteiger partial charge is 0.326 e. The van der Waals surface area contributed by atoms with Gasteiger partial charge in [-0.15, -0.1) is 0 Å². The highest BCUT2D eigenvalue weighted by Gasteiger charge is 2.27. The van der Waals surface area contributed by atoms with Gasteiger partial charge >= 0.3 is 0 Å². The maximum atomic E-state index is 12.5. The van der Waals surface area contributed by atoms with Crippen molar-refractivity contribution >= 4 is 11.6 Å². The molecule has 4 rings (SSSR count). The summed E-state index contributed by atoms with van der Waals surface area (Å²) in [6, 6.07) is 7.84. The Bertz CT molecular complexity index is 712. The predicted octanol–water partition coefficient (Wildman–Crippen LogP) is 4.26. The van der Waals surface area contributed by atoms with Gasteiger partial charge in [-0.25, -0.2) is 4.98 Å². The van der Waals surface area contributed by atoms with Crippen LogP contribution in [0.3, 0.4) is 0 Å². The van der Waals surface area contributed by atoms with Crippen LogP contribution in [0.15, 0.2) is 24.3 Å². The Morgan fingerprint density at radius 2 is 1.88 bits per heavy atom. The lowest BCUT2D eigenvalue weighted by molar-refractivity contribution is -0.120. The molecule has 2 N–H and O–H groups in total. The molecule has 1 heterocycles. The predicted molar refractivity (Wildman–Crippen MR) is 93.6 cm³/mol. The standard InChI is InChI=1S/C19H24N4O/c24-19(14-6-3-1-2-4-7-14)20-16-9-5-8-15(12-16)18-21-17(22-23-18)13-10-11-13/h5,8-9,12-14H,1-4,6-7,10-11H2,(H,20,24)(H,21,22,23). The fourth-order valence-electron chi connectivity index (χ4n) is 3.46. The number of nitrogens with zero attached hydrogens (tertiary/aromatic N) is 2. The van der Waals surface area contributed by atoms with Crippen molar-refractivity contribution in [3.63, 3.8) is 0 Å². The van der Waals surface area contributed by atoms with Crippen molar-refractivity contribution in [2.75, 3.05) is 5.32 Å². The van der Waals surface area contributed by atoms with Crippen molar-refractivity contribution in [2.45, 2.75) is 57.3 Å². The second kappa shape index (κ2) is 6.75. The molecular formula is C19H24N4O. The number of aromatic amines is 1. The van der Waals surface area contributed by atoms with Crippen LogP contribution in [0.1, 0.15) is 63.1 Å². The second-order valence-electron chi connectivity index (χ2n) is 7.08. The second-order valence-corrected chi connectivity index (χ2v) is 7.08. The SMILES string of the molecule is O=C(Nc1cccc(-c2n[nH]c(C3CC3)n2)c1)C1CCCCCC1. The molecule has 1 aromatic carbocycles. The van der Waals surface area contributed by atoms with Gasteiger partial charge in [-0.05, 0) is 37.8 Å². The molecule has 0 spiro atoms. The fraction of sp³-hybridized carbons (Fsp3) is 0.526. The summed E-state index contributed by atoms with van der Waals surface area (Å²) < 4.78 is 0. The average Bonchev–Trinajstić information content (AvgIpc) is 3.38. The Morgan fingerprint density at radius 1 is 1.08 bits per heavy atom. The molecular weight excluding hydrogens is 300 g/mol. The summed E-state index contributed by atoms with van der Waals surface area (Å²) in [5.74, 6) is 2.56. The average molecular weight is 324 g/mol. The van der Waals surface area contributed by atoms with Crippen LogP contribution in [-0.4, -0.2) is 21.1 Å². The van der Waals surface area contributed by atoms with Crippen LogP contribution in [0.4, 0.5) is 5.69 Å². The minimum absolute atomic E-state index is 0.154. The number of benzene rings is 1. The van der Waals surface area contributed by atoms with Crippen LogP contribution >= 0.6 is 0 Å². The van der Waals surface area contributed by atoms with E-state index in [1.165, 1.54) is 38.5 Å². The van der Waals surface area contributed by atoms with E-state index in [1.807, 2.05) is 24.3 Å². The van der Waals surface area contributed by atoms with Crippen LogP contribution in [0, 0.1) is 5.92 Å². The number of H-pyrrole nitrogens is 1. The smallest absolute Gasteiger partial charge is 0.227 e. The molecule has 1 amide bonds. The van der Waals surface area contributed by atoms with Crippen molar-refractivity contribution < 1.29 is 4.79 Å². The molecule has 5 nitrogen and oxygen atoms in total. The molecule has 24 heavy (non-hydrogen) atoms. The molecule has 2 aliphatic carbocycles. The van der Waals surface area contributed by atoms with Gasteiger partial charge in [0.2, 0.25) is 5.91 Å². The number of hydrogen-bond acceptors (Lipinski definition) is 3. The first-order chi connectivity index (χ1) is 11.8. The number of carbonyl (C=O) groups is 1. The minimum Gasteiger partial charge on any atom is -0.326 e. The first-order valence-electron chi connectivity index (χ1n) is 9.13. The van der Waals surface area contributed by atoms with E-state index in [9.17, 15) is 4.79 Å². The monoisotopic (exact) mass is 324 g/mol. The normalized spacial score (nSPS) is 19.0. The molecule has 0 atom stereocenters. The molecule has 5 heteroatoms. The lowest BCUT2D eigenvalue weighted by atomic mass is 9.99. The number of aromatic nitrogens is 3. The lowest BCUT2D eigenvalue weighted by Gasteiger charge is -2.14. The maximum absolute atomic E-state index is 12.5. The van der Waals surface area contributed by atoms with Crippen molar-refractivity contribution in [3.05, 3.63) is 30.1 Å². The van der Waals surface area contributed by atoms with Crippen molar-refractivity contribution in [3.8, 4) is 11.4 Å². The maximum Gasteiger partial charge on any atom is 0.227 e. The summed E-state index contributed by atoms with van der Waals surface area (Å²) >= 11 is 0. The van der Waals surface area contributed by atoms with Gasteiger partial charge in [-0.2, -0.15) is 5.10 Å². The van der Waals surface area contributed by atoms with E-state index in [-0.39, 0.29) is 11.8 Å². The quantitative estimate of drug-likeness (QED) is 0.826. The summed E-state index contributed by atoms with van der Waals surface area (Å²) in [5, 5.41) is 10.4. The van der Waals surface area contributed by atoms with Crippen LogP contribution in [0.5, 0.6) is 0 Å². The van der Waals surface area contributed by atoms with Gasteiger partial charge in [0.15, 0.2) is 5.82 Å². The number of amides is 1. The molecule has 2 aliphatic rings. The van der Waals surface area contributed by atoms with E-state index in [0.29, 0.717) is 11.7 Å². The van der Waals surface area contributed by atoms with Crippen molar-refractivity contribution in [2.24, 2.45) is 5.92 Å². The zero-order chi connectivity index (χ0) is 16.4. The summed E-state index contributed by atoms with van der Waals surface area (Å²) in [5.41, 5.74) is 1.77. The van der Waals surface area contributed by atoms with E-state index in [1.54, 1.807) is 0 Å². The number of nitrogens with one attached hydrogen (secondary N) is 2. The molecule has 2 aromatic rings. The Kier molecular flexibility index (Phi) is 4.32. The van der Waals surface area contributed by atoms with Gasteiger partial charge in [0.25, 0.3) is 0 Å². The Morgan fingerprint density at radius 3 is 2.62 bits per heavy atom. The van der Waals surface area contributed by atoms with Crippen molar-refractivity contribution in [1.82, 2.24) is 15.2 Å². The number of carbonyl (C=O) groups excluding carboxylic acids is 1. The van der Waals surface area contributed by atoms with Gasteiger partial charge in [0.1, 0.15) is 5.82 Å². The van der Waals surface area contributed by atoms with Gasteiger partial charge in [0, 0.05) is 23.1 Å². The van der Waals surface area contributed by atoms with Crippen molar-refractivity contribution in [1.29, 1.82) is 0 Å². The molecule has 0 saturated heterocycles. The van der Waals surface area contributed by atoms with E-state index in [2.05, 4.69) is 20.5 Å². The summed E-state index contributed by atoms with van der Waals surface area (Å²) in [6.45, 7) is 0. The topological polar surface area (TPSA) is 70.7 Å².